The Morgan fingerprint density at radius 1 is 0.730 bits per heavy atom. The number of hydrogen-bond donors (Lipinski definition) is 0. The van der Waals surface area contributed by atoms with Crippen LogP contribution in [0.5, 0.6) is 5.75 Å². The van der Waals surface area contributed by atoms with Crippen molar-refractivity contribution in [2.75, 3.05) is 6.61 Å². The number of benzene rings is 2. The Morgan fingerprint density at radius 3 is 1.89 bits per heavy atom. The molecule has 0 amide bonds. The van der Waals surface area contributed by atoms with Crippen molar-refractivity contribution in [1.29, 1.82) is 0 Å². The van der Waals surface area contributed by atoms with Gasteiger partial charge in [-0.25, -0.2) is 9.59 Å². The number of ether oxygens (including phenoxy) is 2. The molecule has 0 saturated heterocycles. The van der Waals surface area contributed by atoms with E-state index in [1.807, 2.05) is 0 Å². The summed E-state index contributed by atoms with van der Waals surface area (Å²) in [5.74, 6) is -1.23. The first-order valence-electron chi connectivity index (χ1n) is 13.8. The molecular weight excluding hydrogens is 470 g/mol. The number of para-hydroxylation sites is 1. The Bertz CT molecular complexity index is 974. The topological polar surface area (TPSA) is 95.7 Å². The molecule has 0 aliphatic carbocycles. The van der Waals surface area contributed by atoms with Gasteiger partial charge in [-0.3, -0.25) is 10.1 Å². The van der Waals surface area contributed by atoms with Crippen LogP contribution in [0.1, 0.15) is 118 Å². The summed E-state index contributed by atoms with van der Waals surface area (Å²) in [5.41, 5.74) is -0.229. The quantitative estimate of drug-likeness (QED) is 0.0617. The Hall–Kier alpha value is -3.22. The van der Waals surface area contributed by atoms with E-state index in [9.17, 15) is 19.7 Å². The van der Waals surface area contributed by atoms with Gasteiger partial charge in [0.15, 0.2) is 0 Å². The zero-order valence-corrected chi connectivity index (χ0v) is 22.1. The van der Waals surface area contributed by atoms with E-state index in [2.05, 4.69) is 6.92 Å². The molecule has 0 fully saturated rings. The van der Waals surface area contributed by atoms with Crippen LogP contribution < -0.4 is 4.74 Å². The summed E-state index contributed by atoms with van der Waals surface area (Å²) in [6.45, 7) is 2.60. The summed E-state index contributed by atoms with van der Waals surface area (Å²) in [4.78, 5) is 35.3. The summed E-state index contributed by atoms with van der Waals surface area (Å²) in [5, 5.41) is 11.1. The third-order valence-corrected chi connectivity index (χ3v) is 6.33. The minimum absolute atomic E-state index is 0.120. The van der Waals surface area contributed by atoms with Gasteiger partial charge in [0.05, 0.1) is 17.1 Å². The SMILES string of the molecule is CCCCCCCCCCCCCCCCOC(=O)c1cccc(OC(=O)c2ccccc2[N+](=O)[O-])c1. The van der Waals surface area contributed by atoms with Gasteiger partial charge in [0, 0.05) is 6.07 Å². The Kier molecular flexibility index (Phi) is 14.7. The zero-order valence-electron chi connectivity index (χ0n) is 22.1. The van der Waals surface area contributed by atoms with Gasteiger partial charge < -0.3 is 9.47 Å². The van der Waals surface area contributed by atoms with Gasteiger partial charge in [0.2, 0.25) is 0 Å². The molecule has 7 nitrogen and oxygen atoms in total. The number of hydrogen-bond acceptors (Lipinski definition) is 6. The predicted molar refractivity (Wildman–Crippen MR) is 145 cm³/mol. The number of nitro groups is 1. The molecule has 0 radical (unpaired) electrons. The van der Waals surface area contributed by atoms with Crippen LogP contribution in [0.4, 0.5) is 5.69 Å². The molecule has 0 atom stereocenters. The summed E-state index contributed by atoms with van der Waals surface area (Å²) in [7, 11) is 0. The van der Waals surface area contributed by atoms with Crippen molar-refractivity contribution < 1.29 is 24.0 Å². The lowest BCUT2D eigenvalue weighted by Gasteiger charge is -2.08. The fourth-order valence-corrected chi connectivity index (χ4v) is 4.20. The molecule has 202 valence electrons. The van der Waals surface area contributed by atoms with Crippen LogP contribution in [0.2, 0.25) is 0 Å². The van der Waals surface area contributed by atoms with Crippen molar-refractivity contribution in [2.45, 2.75) is 96.8 Å². The second-order valence-corrected chi connectivity index (χ2v) is 9.42. The fourth-order valence-electron chi connectivity index (χ4n) is 4.20. The van der Waals surface area contributed by atoms with Crippen molar-refractivity contribution in [3.63, 3.8) is 0 Å². The first kappa shape index (κ1) is 30.0. The lowest BCUT2D eigenvalue weighted by molar-refractivity contribution is -0.385. The maximum Gasteiger partial charge on any atom is 0.350 e. The Balaban J connectivity index is 1.59. The fraction of sp³-hybridized carbons (Fsp3) is 0.533. The second-order valence-electron chi connectivity index (χ2n) is 9.42. The highest BCUT2D eigenvalue weighted by molar-refractivity contribution is 5.95. The van der Waals surface area contributed by atoms with E-state index in [4.69, 9.17) is 9.47 Å². The maximum atomic E-state index is 12.4. The highest BCUT2D eigenvalue weighted by Gasteiger charge is 2.21. The number of rotatable bonds is 19. The van der Waals surface area contributed by atoms with Gasteiger partial charge in [0.25, 0.3) is 5.69 Å². The normalized spacial score (nSPS) is 10.7. The third kappa shape index (κ3) is 12.0. The molecule has 2 rings (SSSR count). The van der Waals surface area contributed by atoms with E-state index in [0.29, 0.717) is 6.61 Å². The molecule has 0 bridgehead atoms. The summed E-state index contributed by atoms with van der Waals surface area (Å²) >= 11 is 0. The van der Waals surface area contributed by atoms with Gasteiger partial charge in [-0.2, -0.15) is 0 Å². The van der Waals surface area contributed by atoms with Crippen LogP contribution in [0.25, 0.3) is 0 Å². The van der Waals surface area contributed by atoms with Gasteiger partial charge in [-0.05, 0) is 30.7 Å². The molecule has 0 N–H and O–H groups in total. The summed E-state index contributed by atoms with van der Waals surface area (Å²) in [6, 6.07) is 11.6. The van der Waals surface area contributed by atoms with Crippen molar-refractivity contribution >= 4 is 17.6 Å². The van der Waals surface area contributed by atoms with Crippen molar-refractivity contribution in [3.05, 3.63) is 69.8 Å². The molecule has 2 aromatic carbocycles. The van der Waals surface area contributed by atoms with Gasteiger partial charge >= 0.3 is 11.9 Å². The Labute approximate surface area is 220 Å². The predicted octanol–water partition coefficient (Wildman–Crippen LogP) is 8.45. The van der Waals surface area contributed by atoms with E-state index in [1.54, 1.807) is 12.1 Å². The lowest BCUT2D eigenvalue weighted by Crippen LogP contribution is -2.12. The van der Waals surface area contributed by atoms with Crippen LogP contribution >= 0.6 is 0 Å². The molecule has 0 spiro atoms. The van der Waals surface area contributed by atoms with Crippen molar-refractivity contribution in [2.24, 2.45) is 0 Å². The minimum atomic E-state index is -0.861. The number of nitro benzene ring substituents is 1. The molecule has 0 heterocycles. The van der Waals surface area contributed by atoms with E-state index >= 15 is 0 Å². The molecule has 0 aliphatic rings. The third-order valence-electron chi connectivity index (χ3n) is 6.33. The molecule has 0 saturated carbocycles. The van der Waals surface area contributed by atoms with Crippen LogP contribution in [-0.4, -0.2) is 23.5 Å². The minimum Gasteiger partial charge on any atom is -0.462 e. The number of carbonyl (C=O) groups is 2. The molecule has 37 heavy (non-hydrogen) atoms. The van der Waals surface area contributed by atoms with Crippen LogP contribution in [-0.2, 0) is 4.74 Å². The maximum absolute atomic E-state index is 12.4. The standard InChI is InChI=1S/C30H41NO6/c1-2-3-4-5-6-7-8-9-10-11-12-13-14-17-23-36-29(32)25-19-18-20-26(24-25)37-30(33)27-21-15-16-22-28(27)31(34)35/h15-16,18-22,24H,2-14,17,23H2,1H3. The highest BCUT2D eigenvalue weighted by Crippen LogP contribution is 2.21. The Morgan fingerprint density at radius 2 is 1.30 bits per heavy atom. The summed E-state index contributed by atoms with van der Waals surface area (Å²) < 4.78 is 10.6. The van der Waals surface area contributed by atoms with Crippen molar-refractivity contribution in [1.82, 2.24) is 0 Å². The van der Waals surface area contributed by atoms with Crippen LogP contribution in [0, 0.1) is 10.1 Å². The highest BCUT2D eigenvalue weighted by atomic mass is 16.6. The molecule has 2 aromatic rings. The first-order valence-corrected chi connectivity index (χ1v) is 13.8. The van der Waals surface area contributed by atoms with E-state index in [0.717, 1.165) is 19.3 Å². The molecule has 7 heteroatoms. The van der Waals surface area contributed by atoms with Crippen molar-refractivity contribution in [3.8, 4) is 5.75 Å². The monoisotopic (exact) mass is 511 g/mol. The number of unbranched alkanes of at least 4 members (excludes halogenated alkanes) is 13. The number of esters is 2. The van der Waals surface area contributed by atoms with E-state index in [1.165, 1.54) is 107 Å². The lowest BCUT2D eigenvalue weighted by atomic mass is 10.0. The number of carbonyl (C=O) groups excluding carboxylic acids is 2. The zero-order chi connectivity index (χ0) is 26.7. The average molecular weight is 512 g/mol. The molecule has 0 unspecified atom stereocenters. The number of nitrogens with zero attached hydrogens (tertiary/aromatic N) is 1. The van der Waals surface area contributed by atoms with Gasteiger partial charge in [-0.1, -0.05) is 109 Å². The van der Waals surface area contributed by atoms with E-state index in [-0.39, 0.29) is 22.6 Å². The van der Waals surface area contributed by atoms with E-state index < -0.39 is 16.9 Å². The van der Waals surface area contributed by atoms with Gasteiger partial charge in [0.1, 0.15) is 11.3 Å². The smallest absolute Gasteiger partial charge is 0.350 e. The largest absolute Gasteiger partial charge is 0.462 e. The van der Waals surface area contributed by atoms with Crippen LogP contribution in [0.15, 0.2) is 48.5 Å². The average Bonchev–Trinajstić information content (AvgIpc) is 2.90. The second kappa shape index (κ2) is 18.1. The first-order chi connectivity index (χ1) is 18.0. The molecule has 0 aliphatic heterocycles. The molecule has 0 aromatic heterocycles. The summed E-state index contributed by atoms with van der Waals surface area (Å²) in [6.07, 6.45) is 17.7. The van der Waals surface area contributed by atoms with Crippen LogP contribution in [0.3, 0.4) is 0 Å². The van der Waals surface area contributed by atoms with Gasteiger partial charge in [-0.15, -0.1) is 0 Å². The molecular formula is C30H41NO6.